The summed E-state index contributed by atoms with van der Waals surface area (Å²) in [4.78, 5) is 4.41. The molecule has 0 saturated carbocycles. The molecule has 0 amide bonds. The molecular weight excluding hydrogens is 211 g/mol. The van der Waals surface area contributed by atoms with Crippen molar-refractivity contribution < 1.29 is 4.39 Å². The molecule has 1 aromatic heterocycles. The lowest BCUT2D eigenvalue weighted by Crippen LogP contribution is -2.17. The van der Waals surface area contributed by atoms with Crippen LogP contribution >= 0.6 is 11.3 Å². The van der Waals surface area contributed by atoms with E-state index < -0.39 is 0 Å². The molecule has 0 saturated heterocycles. The first-order valence-corrected chi connectivity index (χ1v) is 5.81. The molecule has 2 nitrogen and oxygen atoms in total. The van der Waals surface area contributed by atoms with Crippen molar-refractivity contribution >= 4 is 21.6 Å². The van der Waals surface area contributed by atoms with E-state index in [4.69, 9.17) is 0 Å². The van der Waals surface area contributed by atoms with Crippen molar-refractivity contribution in [3.63, 3.8) is 0 Å². The zero-order chi connectivity index (χ0) is 10.8. The van der Waals surface area contributed by atoms with Crippen molar-refractivity contribution in [1.82, 2.24) is 10.3 Å². The molecule has 1 heterocycles. The molecule has 1 N–H and O–H groups in total. The number of halogens is 1. The van der Waals surface area contributed by atoms with Crippen LogP contribution in [0.5, 0.6) is 0 Å². The third kappa shape index (κ3) is 2.16. The lowest BCUT2D eigenvalue weighted by molar-refractivity contribution is 0.595. The standard InChI is InChI=1S/C11H13FN2S/c1-3-13-7(2)11-14-9-6-8(12)4-5-10(9)15-11/h4-7,13H,3H2,1-2H3. The van der Waals surface area contributed by atoms with Gasteiger partial charge in [-0.2, -0.15) is 0 Å². The van der Waals surface area contributed by atoms with E-state index in [0.29, 0.717) is 0 Å². The highest BCUT2D eigenvalue weighted by Gasteiger charge is 2.10. The number of benzene rings is 1. The van der Waals surface area contributed by atoms with Crippen molar-refractivity contribution in [3.8, 4) is 0 Å². The van der Waals surface area contributed by atoms with Crippen LogP contribution in [0.15, 0.2) is 18.2 Å². The highest BCUT2D eigenvalue weighted by atomic mass is 32.1. The largest absolute Gasteiger partial charge is 0.308 e. The Hall–Kier alpha value is -1.00. The summed E-state index contributed by atoms with van der Waals surface area (Å²) in [5.41, 5.74) is 0.750. The van der Waals surface area contributed by atoms with E-state index in [1.54, 1.807) is 17.4 Å². The first-order valence-electron chi connectivity index (χ1n) is 5.00. The molecule has 4 heteroatoms. The second kappa shape index (κ2) is 4.24. The van der Waals surface area contributed by atoms with Gasteiger partial charge in [0.05, 0.1) is 16.3 Å². The van der Waals surface area contributed by atoms with E-state index in [9.17, 15) is 4.39 Å². The van der Waals surface area contributed by atoms with Gasteiger partial charge >= 0.3 is 0 Å². The summed E-state index contributed by atoms with van der Waals surface area (Å²) < 4.78 is 14.0. The molecular formula is C11H13FN2S. The van der Waals surface area contributed by atoms with Crippen LogP contribution in [0.1, 0.15) is 24.9 Å². The Balaban J connectivity index is 2.38. The Morgan fingerprint density at radius 1 is 1.53 bits per heavy atom. The summed E-state index contributed by atoms with van der Waals surface area (Å²) in [5, 5.41) is 4.30. The van der Waals surface area contributed by atoms with Crippen LogP contribution in [0, 0.1) is 5.82 Å². The van der Waals surface area contributed by atoms with E-state index in [1.165, 1.54) is 12.1 Å². The molecule has 1 unspecified atom stereocenters. The predicted octanol–water partition coefficient (Wildman–Crippen LogP) is 3.11. The quantitative estimate of drug-likeness (QED) is 0.866. The lowest BCUT2D eigenvalue weighted by Gasteiger charge is -2.07. The van der Waals surface area contributed by atoms with Gasteiger partial charge in [0.25, 0.3) is 0 Å². The second-order valence-electron chi connectivity index (χ2n) is 3.44. The topological polar surface area (TPSA) is 24.9 Å². The van der Waals surface area contributed by atoms with Crippen LogP contribution in [0.2, 0.25) is 0 Å². The fourth-order valence-electron chi connectivity index (χ4n) is 1.50. The number of hydrogen-bond donors (Lipinski definition) is 1. The van der Waals surface area contributed by atoms with Crippen LogP contribution in [-0.4, -0.2) is 11.5 Å². The average Bonchev–Trinajstić information content (AvgIpc) is 2.60. The zero-order valence-corrected chi connectivity index (χ0v) is 9.57. The minimum absolute atomic E-state index is 0.226. The number of fused-ring (bicyclic) bond motifs is 1. The number of rotatable bonds is 3. The van der Waals surface area contributed by atoms with E-state index in [0.717, 1.165) is 21.8 Å². The number of hydrogen-bond acceptors (Lipinski definition) is 3. The molecule has 0 aliphatic heterocycles. The molecule has 80 valence electrons. The SMILES string of the molecule is CCNC(C)c1nc2cc(F)ccc2s1. The van der Waals surface area contributed by atoms with Crippen LogP contribution in [0.3, 0.4) is 0 Å². The summed E-state index contributed by atoms with van der Waals surface area (Å²) in [6.07, 6.45) is 0. The van der Waals surface area contributed by atoms with Crippen LogP contribution in [0.4, 0.5) is 4.39 Å². The van der Waals surface area contributed by atoms with E-state index in [-0.39, 0.29) is 11.9 Å². The maximum atomic E-state index is 12.9. The number of nitrogens with zero attached hydrogens (tertiary/aromatic N) is 1. The monoisotopic (exact) mass is 224 g/mol. The van der Waals surface area contributed by atoms with Gasteiger partial charge in [0.2, 0.25) is 0 Å². The molecule has 0 aliphatic carbocycles. The smallest absolute Gasteiger partial charge is 0.125 e. The fourth-order valence-corrected chi connectivity index (χ4v) is 2.47. The van der Waals surface area contributed by atoms with Crippen molar-refractivity contribution in [2.24, 2.45) is 0 Å². The maximum absolute atomic E-state index is 12.9. The summed E-state index contributed by atoms with van der Waals surface area (Å²) in [5.74, 6) is -0.226. The second-order valence-corrected chi connectivity index (χ2v) is 4.51. The molecule has 2 aromatic rings. The number of aromatic nitrogens is 1. The zero-order valence-electron chi connectivity index (χ0n) is 8.75. The van der Waals surface area contributed by atoms with E-state index >= 15 is 0 Å². The van der Waals surface area contributed by atoms with Gasteiger partial charge in [-0.25, -0.2) is 9.37 Å². The summed E-state index contributed by atoms with van der Waals surface area (Å²) in [6, 6.07) is 4.97. The molecule has 0 aliphatic rings. The Labute approximate surface area is 92.1 Å². The molecule has 0 radical (unpaired) electrons. The summed E-state index contributed by atoms with van der Waals surface area (Å²) >= 11 is 1.61. The molecule has 1 aromatic carbocycles. The summed E-state index contributed by atoms with van der Waals surface area (Å²) in [7, 11) is 0. The van der Waals surface area contributed by atoms with Crippen molar-refractivity contribution in [2.75, 3.05) is 6.54 Å². The Kier molecular flexibility index (Phi) is 2.98. The highest BCUT2D eigenvalue weighted by molar-refractivity contribution is 7.18. The summed E-state index contributed by atoms with van der Waals surface area (Å²) in [6.45, 7) is 5.03. The normalized spacial score (nSPS) is 13.3. The third-order valence-electron chi connectivity index (χ3n) is 2.25. The van der Waals surface area contributed by atoms with Crippen molar-refractivity contribution in [1.29, 1.82) is 0 Å². The first-order chi connectivity index (χ1) is 7.20. The lowest BCUT2D eigenvalue weighted by atomic mass is 10.3. The molecule has 15 heavy (non-hydrogen) atoms. The number of thiazole rings is 1. The van der Waals surface area contributed by atoms with Crippen molar-refractivity contribution in [3.05, 3.63) is 29.0 Å². The molecule has 0 spiro atoms. The van der Waals surface area contributed by atoms with Crippen LogP contribution in [0.25, 0.3) is 10.2 Å². The first kappa shape index (κ1) is 10.5. The minimum atomic E-state index is -0.226. The van der Waals surface area contributed by atoms with Gasteiger partial charge in [0.1, 0.15) is 10.8 Å². The van der Waals surface area contributed by atoms with Crippen LogP contribution < -0.4 is 5.32 Å². The van der Waals surface area contributed by atoms with Crippen LogP contribution in [-0.2, 0) is 0 Å². The van der Waals surface area contributed by atoms with E-state index in [1.807, 2.05) is 0 Å². The molecule has 0 fully saturated rings. The Morgan fingerprint density at radius 3 is 3.07 bits per heavy atom. The Morgan fingerprint density at radius 2 is 2.33 bits per heavy atom. The van der Waals surface area contributed by atoms with Gasteiger partial charge in [-0.3, -0.25) is 0 Å². The van der Waals surface area contributed by atoms with Gasteiger partial charge in [-0.05, 0) is 25.6 Å². The van der Waals surface area contributed by atoms with E-state index in [2.05, 4.69) is 24.1 Å². The molecule has 2 rings (SSSR count). The minimum Gasteiger partial charge on any atom is -0.308 e. The van der Waals surface area contributed by atoms with Crippen molar-refractivity contribution in [2.45, 2.75) is 19.9 Å². The molecule has 0 bridgehead atoms. The van der Waals surface area contributed by atoms with Gasteiger partial charge in [-0.15, -0.1) is 11.3 Å². The predicted molar refractivity (Wildman–Crippen MR) is 61.7 cm³/mol. The average molecular weight is 224 g/mol. The van der Waals surface area contributed by atoms with Gasteiger partial charge in [0.15, 0.2) is 0 Å². The Bertz CT molecular complexity index is 467. The maximum Gasteiger partial charge on any atom is 0.125 e. The number of nitrogens with one attached hydrogen (secondary N) is 1. The van der Waals surface area contributed by atoms with Gasteiger partial charge in [-0.1, -0.05) is 6.92 Å². The fraction of sp³-hybridized carbons (Fsp3) is 0.364. The highest BCUT2D eigenvalue weighted by Crippen LogP contribution is 2.26. The third-order valence-corrected chi connectivity index (χ3v) is 3.47. The van der Waals surface area contributed by atoms with Gasteiger partial charge in [0, 0.05) is 6.07 Å². The van der Waals surface area contributed by atoms with Gasteiger partial charge < -0.3 is 5.32 Å². The molecule has 1 atom stereocenters.